The lowest BCUT2D eigenvalue weighted by atomic mass is 9.65. The van der Waals surface area contributed by atoms with Crippen LogP contribution >= 0.6 is 23.2 Å². The Morgan fingerprint density at radius 2 is 1.91 bits per heavy atom. The second kappa shape index (κ2) is 9.35. The molecule has 0 aliphatic heterocycles. The lowest BCUT2D eigenvalue weighted by Gasteiger charge is -2.38. The number of carbonyl (C=O) groups excluding carboxylic acids is 1. The number of carboxylic acid groups (broad SMARTS) is 2. The first-order valence-corrected chi connectivity index (χ1v) is 11.3. The van der Waals surface area contributed by atoms with E-state index in [1.807, 2.05) is 6.07 Å². The third kappa shape index (κ3) is 5.01. The largest absolute Gasteiger partial charge is 0.481 e. The first kappa shape index (κ1) is 25.1. The summed E-state index contributed by atoms with van der Waals surface area (Å²) in [5, 5.41) is 22.8. The maximum atomic E-state index is 13.0. The minimum Gasteiger partial charge on any atom is -0.481 e. The van der Waals surface area contributed by atoms with E-state index >= 15 is 0 Å². The lowest BCUT2D eigenvalue weighted by Crippen LogP contribution is -2.49. The predicted octanol–water partition coefficient (Wildman–Crippen LogP) is 3.88. The Bertz CT molecular complexity index is 1080. The second-order valence-corrected chi connectivity index (χ2v) is 10.2. The molecule has 0 radical (unpaired) electrons. The number of hydrogen-bond donors (Lipinski definition) is 3. The van der Waals surface area contributed by atoms with Crippen molar-refractivity contribution < 1.29 is 24.6 Å². The van der Waals surface area contributed by atoms with Crippen molar-refractivity contribution in [2.75, 3.05) is 0 Å². The third-order valence-electron chi connectivity index (χ3n) is 7.08. The zero-order chi connectivity index (χ0) is 24.6. The van der Waals surface area contributed by atoms with Crippen LogP contribution in [0.2, 0.25) is 10.0 Å². The van der Waals surface area contributed by atoms with E-state index in [2.05, 4.69) is 10.3 Å². The molecule has 0 spiro atoms. The monoisotopic (exact) mass is 495 g/mol. The van der Waals surface area contributed by atoms with E-state index in [9.17, 15) is 24.6 Å². The van der Waals surface area contributed by atoms with E-state index in [0.717, 1.165) is 5.56 Å². The van der Waals surface area contributed by atoms with Gasteiger partial charge in [-0.1, -0.05) is 43.1 Å². The average Bonchev–Trinajstić information content (AvgIpc) is 3.26. The predicted molar refractivity (Wildman–Crippen MR) is 123 cm³/mol. The number of imidazole rings is 1. The second-order valence-electron chi connectivity index (χ2n) is 9.34. The Labute approximate surface area is 201 Å². The fourth-order valence-electron chi connectivity index (χ4n) is 4.47. The Hall–Kier alpha value is -2.58. The molecule has 2 aromatic rings. The van der Waals surface area contributed by atoms with Crippen molar-refractivity contribution >= 4 is 41.0 Å². The number of halogens is 2. The molecular formula is C23H27Cl2N3O5. The van der Waals surface area contributed by atoms with E-state index in [0.29, 0.717) is 35.1 Å². The summed E-state index contributed by atoms with van der Waals surface area (Å²) in [6.45, 7) is 5.60. The highest BCUT2D eigenvalue weighted by atomic mass is 35.5. The molecule has 3 N–H and O–H groups in total. The summed E-state index contributed by atoms with van der Waals surface area (Å²) in [6.07, 6.45) is 4.03. The highest BCUT2D eigenvalue weighted by Crippen LogP contribution is 2.56. The first-order valence-electron chi connectivity index (χ1n) is 10.6. The van der Waals surface area contributed by atoms with Gasteiger partial charge in [-0.05, 0) is 42.9 Å². The van der Waals surface area contributed by atoms with Crippen LogP contribution in [0.15, 0.2) is 30.7 Å². The molecule has 0 saturated heterocycles. The minimum atomic E-state index is -1.18. The van der Waals surface area contributed by atoms with Crippen molar-refractivity contribution in [1.82, 2.24) is 14.9 Å². The molecule has 1 amide bonds. The Kier molecular flexibility index (Phi) is 7.10. The average molecular weight is 496 g/mol. The fraction of sp³-hybridized carbons (Fsp3) is 0.478. The van der Waals surface area contributed by atoms with Crippen LogP contribution in [0.1, 0.15) is 44.9 Å². The molecule has 8 nitrogen and oxygen atoms in total. The number of carboxylic acids is 2. The van der Waals surface area contributed by atoms with E-state index in [-0.39, 0.29) is 6.42 Å². The van der Waals surface area contributed by atoms with Gasteiger partial charge in [-0.2, -0.15) is 0 Å². The van der Waals surface area contributed by atoms with Gasteiger partial charge in [-0.3, -0.25) is 9.59 Å². The molecule has 0 bridgehead atoms. The molecule has 1 aliphatic carbocycles. The standard InChI is InChI=1S/C23H27Cl2N3O5/c1-22(2)15(6-7-23(22,3)21(32)33)19(29)27-18(20(30)31)9-14-11-28(12-26-14)10-13-4-5-16(24)17(25)8-13/h4-5,8,11-12,15,18H,6-7,9-10H2,1-3H3,(H,27,29)(H,30,31)(H,32,33)/t15?,18-,23?/m0/s1. The normalized spacial score (nSPS) is 22.6. The smallest absolute Gasteiger partial charge is 0.326 e. The minimum absolute atomic E-state index is 0.00120. The molecule has 1 aromatic heterocycles. The number of nitrogens with one attached hydrogen (secondary N) is 1. The van der Waals surface area contributed by atoms with Crippen molar-refractivity contribution in [3.8, 4) is 0 Å². The molecule has 1 fully saturated rings. The maximum absolute atomic E-state index is 13.0. The van der Waals surface area contributed by atoms with E-state index < -0.39 is 40.6 Å². The summed E-state index contributed by atoms with van der Waals surface area (Å²) >= 11 is 12.0. The van der Waals surface area contributed by atoms with Crippen molar-refractivity contribution in [2.45, 2.75) is 52.6 Å². The highest BCUT2D eigenvalue weighted by Gasteiger charge is 2.58. The number of aromatic nitrogens is 2. The van der Waals surface area contributed by atoms with Gasteiger partial charge in [0, 0.05) is 25.1 Å². The quantitative estimate of drug-likeness (QED) is 0.510. The van der Waals surface area contributed by atoms with Crippen LogP contribution in [0.4, 0.5) is 0 Å². The van der Waals surface area contributed by atoms with Gasteiger partial charge in [0.15, 0.2) is 0 Å². The fourth-order valence-corrected chi connectivity index (χ4v) is 4.79. The van der Waals surface area contributed by atoms with Crippen LogP contribution in [-0.2, 0) is 27.3 Å². The molecule has 178 valence electrons. The third-order valence-corrected chi connectivity index (χ3v) is 7.82. The van der Waals surface area contributed by atoms with Crippen LogP contribution in [-0.4, -0.2) is 43.7 Å². The van der Waals surface area contributed by atoms with Gasteiger partial charge in [-0.15, -0.1) is 0 Å². The molecule has 33 heavy (non-hydrogen) atoms. The van der Waals surface area contributed by atoms with Gasteiger partial charge >= 0.3 is 11.9 Å². The zero-order valence-corrected chi connectivity index (χ0v) is 20.2. The summed E-state index contributed by atoms with van der Waals surface area (Å²) in [6, 6.07) is 4.10. The number of carbonyl (C=O) groups is 3. The molecule has 3 rings (SSSR count). The summed E-state index contributed by atoms with van der Waals surface area (Å²) in [4.78, 5) is 40.9. The number of benzene rings is 1. The molecule has 1 heterocycles. The van der Waals surface area contributed by atoms with E-state index in [1.165, 1.54) is 0 Å². The van der Waals surface area contributed by atoms with Crippen LogP contribution in [0.3, 0.4) is 0 Å². The van der Waals surface area contributed by atoms with Gasteiger partial charge in [-0.25, -0.2) is 9.78 Å². The van der Waals surface area contributed by atoms with E-state index in [4.69, 9.17) is 23.2 Å². The van der Waals surface area contributed by atoms with Gasteiger partial charge in [0.2, 0.25) is 5.91 Å². The Morgan fingerprint density at radius 3 is 2.48 bits per heavy atom. The molecule has 1 saturated carbocycles. The lowest BCUT2D eigenvalue weighted by molar-refractivity contribution is -0.155. The highest BCUT2D eigenvalue weighted by molar-refractivity contribution is 6.42. The summed E-state index contributed by atoms with van der Waals surface area (Å²) in [7, 11) is 0. The van der Waals surface area contributed by atoms with Crippen LogP contribution in [0.25, 0.3) is 0 Å². The zero-order valence-electron chi connectivity index (χ0n) is 18.6. The summed E-state index contributed by atoms with van der Waals surface area (Å²) in [5.41, 5.74) is -0.477. The van der Waals surface area contributed by atoms with Gasteiger partial charge in [0.25, 0.3) is 0 Å². The Morgan fingerprint density at radius 1 is 1.21 bits per heavy atom. The number of hydrogen-bond acceptors (Lipinski definition) is 4. The topological polar surface area (TPSA) is 122 Å². The maximum Gasteiger partial charge on any atom is 0.326 e. The number of rotatable bonds is 8. The molecule has 3 atom stereocenters. The molecular weight excluding hydrogens is 469 g/mol. The van der Waals surface area contributed by atoms with Crippen molar-refractivity contribution in [2.24, 2.45) is 16.7 Å². The van der Waals surface area contributed by atoms with Crippen molar-refractivity contribution in [3.05, 3.63) is 52.0 Å². The molecule has 1 aromatic carbocycles. The number of aliphatic carboxylic acids is 2. The van der Waals surface area contributed by atoms with Crippen molar-refractivity contribution in [3.63, 3.8) is 0 Å². The van der Waals surface area contributed by atoms with Gasteiger partial charge in [0.1, 0.15) is 6.04 Å². The van der Waals surface area contributed by atoms with Gasteiger partial charge in [0.05, 0.1) is 27.5 Å². The molecule has 2 unspecified atom stereocenters. The number of nitrogens with zero attached hydrogens (tertiary/aromatic N) is 2. The molecule has 1 aliphatic rings. The number of amides is 1. The van der Waals surface area contributed by atoms with E-state index in [1.54, 1.807) is 50.0 Å². The van der Waals surface area contributed by atoms with Crippen LogP contribution in [0, 0.1) is 16.7 Å². The van der Waals surface area contributed by atoms with Crippen LogP contribution < -0.4 is 5.32 Å². The first-order chi connectivity index (χ1) is 15.3. The summed E-state index contributed by atoms with van der Waals surface area (Å²) < 4.78 is 1.79. The van der Waals surface area contributed by atoms with Crippen molar-refractivity contribution in [1.29, 1.82) is 0 Å². The summed E-state index contributed by atoms with van der Waals surface area (Å²) in [5.74, 6) is -3.19. The molecule has 10 heteroatoms. The van der Waals surface area contributed by atoms with Gasteiger partial charge < -0.3 is 20.1 Å². The SMILES string of the molecule is CC1(C(=O)O)CCC(C(=O)N[C@@H](Cc2cn(Cc3ccc(Cl)c(Cl)c3)cn2)C(=O)O)C1(C)C. The van der Waals surface area contributed by atoms with Crippen LogP contribution in [0.5, 0.6) is 0 Å². The Balaban J connectivity index is 1.68.